The zero-order chi connectivity index (χ0) is 21.8. The van der Waals surface area contributed by atoms with Crippen LogP contribution in [0, 0.1) is 0 Å². The highest BCUT2D eigenvalue weighted by molar-refractivity contribution is 5.76. The van der Waals surface area contributed by atoms with E-state index in [9.17, 15) is 9.90 Å². The molecule has 1 fully saturated rings. The van der Waals surface area contributed by atoms with Gasteiger partial charge in [-0.05, 0) is 50.0 Å². The summed E-state index contributed by atoms with van der Waals surface area (Å²) >= 11 is 0. The number of aliphatic hydroxyl groups excluding tert-OH is 1. The molecule has 0 radical (unpaired) electrons. The average Bonchev–Trinajstić information content (AvgIpc) is 3.27. The second-order valence-corrected chi connectivity index (χ2v) is 8.26. The summed E-state index contributed by atoms with van der Waals surface area (Å²) in [4.78, 5) is 14.9. The Kier molecular flexibility index (Phi) is 11.0. The van der Waals surface area contributed by atoms with Crippen molar-refractivity contribution in [3.63, 3.8) is 0 Å². The quantitative estimate of drug-likeness (QED) is 0.444. The van der Waals surface area contributed by atoms with Gasteiger partial charge in [-0.1, -0.05) is 45.1 Å². The lowest BCUT2D eigenvalue weighted by molar-refractivity contribution is -0.123. The maximum atomic E-state index is 12.6. The van der Waals surface area contributed by atoms with Crippen LogP contribution in [-0.2, 0) is 4.79 Å². The van der Waals surface area contributed by atoms with Gasteiger partial charge in [0.15, 0.2) is 11.5 Å². The number of ether oxygens (including phenoxy) is 2. The summed E-state index contributed by atoms with van der Waals surface area (Å²) in [7, 11) is 3.17. The lowest BCUT2D eigenvalue weighted by Crippen LogP contribution is -2.46. The van der Waals surface area contributed by atoms with Crippen LogP contribution in [-0.4, -0.2) is 55.8 Å². The molecule has 30 heavy (non-hydrogen) atoms. The van der Waals surface area contributed by atoms with Gasteiger partial charge in [-0.2, -0.15) is 0 Å². The van der Waals surface area contributed by atoms with Crippen molar-refractivity contribution in [3.05, 3.63) is 23.8 Å². The minimum Gasteiger partial charge on any atom is -0.493 e. The van der Waals surface area contributed by atoms with E-state index in [0.29, 0.717) is 24.5 Å². The normalized spacial score (nSPS) is 16.3. The molecule has 2 rings (SSSR count). The number of nitrogens with one attached hydrogen (secondary N) is 1. The van der Waals surface area contributed by atoms with Crippen molar-refractivity contribution in [2.75, 3.05) is 33.9 Å². The molecule has 1 aromatic carbocycles. The zero-order valence-corrected chi connectivity index (χ0v) is 19.0. The van der Waals surface area contributed by atoms with E-state index in [-0.39, 0.29) is 11.9 Å². The van der Waals surface area contributed by atoms with Gasteiger partial charge < -0.3 is 24.8 Å². The smallest absolute Gasteiger partial charge is 0.220 e. The van der Waals surface area contributed by atoms with Gasteiger partial charge in [-0.25, -0.2) is 0 Å². The highest BCUT2D eigenvalue weighted by atomic mass is 16.5. The number of nitrogens with zero attached hydrogens (tertiary/aromatic N) is 1. The number of carbonyl (C=O) groups is 1. The Hall–Kier alpha value is -1.79. The number of amides is 1. The van der Waals surface area contributed by atoms with E-state index in [4.69, 9.17) is 9.47 Å². The molecular formula is C24H40N2O4. The second-order valence-electron chi connectivity index (χ2n) is 8.26. The maximum absolute atomic E-state index is 12.6. The molecular weight excluding hydrogens is 380 g/mol. The van der Waals surface area contributed by atoms with Gasteiger partial charge in [-0.15, -0.1) is 0 Å². The van der Waals surface area contributed by atoms with Crippen LogP contribution in [0.4, 0.5) is 0 Å². The minimum absolute atomic E-state index is 0.0224. The molecule has 2 N–H and O–H groups in total. The number of aliphatic hydroxyl groups is 1. The Labute approximate surface area is 181 Å². The third kappa shape index (κ3) is 7.80. The van der Waals surface area contributed by atoms with Crippen molar-refractivity contribution in [3.8, 4) is 11.5 Å². The summed E-state index contributed by atoms with van der Waals surface area (Å²) in [6, 6.07) is 5.07. The Morgan fingerprint density at radius 2 is 1.73 bits per heavy atom. The molecule has 0 aromatic heterocycles. The molecule has 6 heteroatoms. The fourth-order valence-corrected chi connectivity index (χ4v) is 4.08. The number of rotatable bonds is 14. The van der Waals surface area contributed by atoms with Crippen LogP contribution < -0.4 is 14.8 Å². The molecule has 1 amide bonds. The molecule has 0 saturated carbocycles. The molecule has 0 bridgehead atoms. The lowest BCUT2D eigenvalue weighted by atomic mass is 10.0. The third-order valence-corrected chi connectivity index (χ3v) is 5.89. The molecule has 1 aliphatic rings. The van der Waals surface area contributed by atoms with Crippen molar-refractivity contribution < 1.29 is 19.4 Å². The van der Waals surface area contributed by atoms with Crippen molar-refractivity contribution >= 4 is 5.91 Å². The lowest BCUT2D eigenvalue weighted by Gasteiger charge is -2.29. The maximum Gasteiger partial charge on any atom is 0.220 e. The second kappa shape index (κ2) is 13.5. The van der Waals surface area contributed by atoms with Crippen LogP contribution in [0.15, 0.2) is 18.2 Å². The molecule has 0 unspecified atom stereocenters. The fraction of sp³-hybridized carbons (Fsp3) is 0.708. The number of likely N-dealkylation sites (tertiary alicyclic amines) is 1. The first-order valence-electron chi connectivity index (χ1n) is 11.5. The van der Waals surface area contributed by atoms with E-state index in [2.05, 4.69) is 17.1 Å². The van der Waals surface area contributed by atoms with Crippen molar-refractivity contribution in [2.45, 2.75) is 76.9 Å². The predicted molar refractivity (Wildman–Crippen MR) is 120 cm³/mol. The van der Waals surface area contributed by atoms with E-state index in [1.54, 1.807) is 26.4 Å². The number of carbonyl (C=O) groups excluding carboxylic acids is 1. The van der Waals surface area contributed by atoms with Crippen LogP contribution in [0.3, 0.4) is 0 Å². The molecule has 0 spiro atoms. The summed E-state index contributed by atoms with van der Waals surface area (Å²) in [6.45, 7) is 4.89. The highest BCUT2D eigenvalue weighted by Gasteiger charge is 2.27. The molecule has 1 aromatic rings. The van der Waals surface area contributed by atoms with Crippen molar-refractivity contribution in [2.24, 2.45) is 0 Å². The van der Waals surface area contributed by atoms with Crippen molar-refractivity contribution in [1.29, 1.82) is 0 Å². The third-order valence-electron chi connectivity index (χ3n) is 5.89. The first-order chi connectivity index (χ1) is 14.6. The minimum atomic E-state index is -0.807. The SMILES string of the molecule is CCCCCCCCC(=O)N[C@H](CN1CCCC1)[C@H](O)c1ccc(OC)c(OC)c1. The number of unbranched alkanes of at least 4 members (excludes halogenated alkanes) is 5. The summed E-state index contributed by atoms with van der Waals surface area (Å²) in [6.07, 6.45) is 8.96. The standard InChI is InChI=1S/C24H40N2O4/c1-4-5-6-7-8-9-12-23(27)25-20(18-26-15-10-11-16-26)24(28)19-13-14-21(29-2)22(17-19)30-3/h13-14,17,20,24,28H,4-12,15-16,18H2,1-3H3,(H,25,27)/t20-,24-/m1/s1. The van der Waals surface area contributed by atoms with Gasteiger partial charge in [0.05, 0.1) is 20.3 Å². The van der Waals surface area contributed by atoms with E-state index < -0.39 is 6.10 Å². The molecule has 6 nitrogen and oxygen atoms in total. The summed E-state index contributed by atoms with van der Waals surface area (Å²) in [5.41, 5.74) is 0.719. The monoisotopic (exact) mass is 420 g/mol. The van der Waals surface area contributed by atoms with Gasteiger partial charge in [0, 0.05) is 13.0 Å². The fourth-order valence-electron chi connectivity index (χ4n) is 4.08. The molecule has 1 heterocycles. The number of methoxy groups -OCH3 is 2. The van der Waals surface area contributed by atoms with Gasteiger partial charge in [-0.3, -0.25) is 4.79 Å². The van der Waals surface area contributed by atoms with Crippen LogP contribution in [0.5, 0.6) is 11.5 Å². The van der Waals surface area contributed by atoms with Crippen LogP contribution in [0.2, 0.25) is 0 Å². The van der Waals surface area contributed by atoms with Crippen LogP contribution in [0.1, 0.15) is 76.4 Å². The summed E-state index contributed by atoms with van der Waals surface area (Å²) in [5, 5.41) is 14.2. The number of hydrogen-bond donors (Lipinski definition) is 2. The summed E-state index contributed by atoms with van der Waals surface area (Å²) in [5.74, 6) is 1.22. The number of hydrogen-bond acceptors (Lipinski definition) is 5. The Balaban J connectivity index is 1.98. The molecule has 0 aliphatic carbocycles. The molecule has 1 aliphatic heterocycles. The Bertz CT molecular complexity index is 632. The van der Waals surface area contributed by atoms with Gasteiger partial charge >= 0.3 is 0 Å². The van der Waals surface area contributed by atoms with Gasteiger partial charge in [0.25, 0.3) is 0 Å². The molecule has 2 atom stereocenters. The predicted octanol–water partition coefficient (Wildman–Crippen LogP) is 4.07. The summed E-state index contributed by atoms with van der Waals surface area (Å²) < 4.78 is 10.7. The van der Waals surface area contributed by atoms with E-state index >= 15 is 0 Å². The Morgan fingerprint density at radius 1 is 1.07 bits per heavy atom. The van der Waals surface area contributed by atoms with E-state index in [1.807, 2.05) is 6.07 Å². The highest BCUT2D eigenvalue weighted by Crippen LogP contribution is 2.31. The molecule has 1 saturated heterocycles. The Morgan fingerprint density at radius 3 is 2.40 bits per heavy atom. The first kappa shape index (κ1) is 24.5. The largest absolute Gasteiger partial charge is 0.493 e. The van der Waals surface area contributed by atoms with Gasteiger partial charge in [0.2, 0.25) is 5.91 Å². The van der Waals surface area contributed by atoms with Crippen molar-refractivity contribution in [1.82, 2.24) is 10.2 Å². The topological polar surface area (TPSA) is 71.0 Å². The first-order valence-corrected chi connectivity index (χ1v) is 11.5. The van der Waals surface area contributed by atoms with E-state index in [1.165, 1.54) is 38.5 Å². The average molecular weight is 421 g/mol. The van der Waals surface area contributed by atoms with E-state index in [0.717, 1.165) is 31.5 Å². The number of benzene rings is 1. The van der Waals surface area contributed by atoms with Gasteiger partial charge in [0.1, 0.15) is 6.10 Å². The van der Waals surface area contributed by atoms with Crippen LogP contribution >= 0.6 is 0 Å². The molecule has 170 valence electrons. The zero-order valence-electron chi connectivity index (χ0n) is 19.0. The van der Waals surface area contributed by atoms with Crippen LogP contribution in [0.25, 0.3) is 0 Å².